The molecule has 10 heteroatoms. The van der Waals surface area contributed by atoms with Crippen LogP contribution in [0, 0.1) is 0 Å². The molecule has 0 saturated heterocycles. The van der Waals surface area contributed by atoms with Crippen molar-refractivity contribution in [2.75, 3.05) is 19.0 Å². The van der Waals surface area contributed by atoms with Gasteiger partial charge in [-0.05, 0) is 65.9 Å². The van der Waals surface area contributed by atoms with E-state index in [0.29, 0.717) is 21.5 Å². The molecular weight excluding hydrogens is 653 g/mol. The maximum absolute atomic E-state index is 14.4. The normalized spacial score (nSPS) is 11.7. The third-order valence-corrected chi connectivity index (χ3v) is 10.2. The topological polar surface area (TPSA) is 95.3 Å². The van der Waals surface area contributed by atoms with Crippen LogP contribution in [0.4, 0.5) is 5.00 Å². The van der Waals surface area contributed by atoms with Gasteiger partial charge in [-0.2, -0.15) is 0 Å². The van der Waals surface area contributed by atoms with E-state index in [1.807, 2.05) is 102 Å². The van der Waals surface area contributed by atoms with Crippen LogP contribution in [-0.4, -0.2) is 40.4 Å². The Morgan fingerprint density at radius 3 is 2.20 bits per heavy atom. The van der Waals surface area contributed by atoms with Gasteiger partial charge >= 0.3 is 5.97 Å². The molecule has 0 radical (unpaired) electrons. The molecule has 1 N–H and O–H groups in total. The zero-order valence-corrected chi connectivity index (χ0v) is 29.3. The number of rotatable bonds is 12. The quantitative estimate of drug-likeness (QED) is 0.101. The van der Waals surface area contributed by atoms with E-state index in [2.05, 4.69) is 41.5 Å². The van der Waals surface area contributed by atoms with Crippen LogP contribution in [0.3, 0.4) is 0 Å². The summed E-state index contributed by atoms with van der Waals surface area (Å²) in [5.41, 5.74) is 4.93. The highest BCUT2D eigenvalue weighted by Gasteiger charge is 2.29. The van der Waals surface area contributed by atoms with Gasteiger partial charge in [-0.3, -0.25) is 9.36 Å². The highest BCUT2D eigenvalue weighted by Crippen LogP contribution is 2.42. The van der Waals surface area contributed by atoms with Crippen LogP contribution in [-0.2, 0) is 9.53 Å². The van der Waals surface area contributed by atoms with E-state index < -0.39 is 11.2 Å². The minimum Gasteiger partial charge on any atom is -0.497 e. The molecule has 4 aromatic carbocycles. The van der Waals surface area contributed by atoms with E-state index in [4.69, 9.17) is 9.47 Å². The van der Waals surface area contributed by atoms with Gasteiger partial charge in [0.2, 0.25) is 5.91 Å². The molecule has 2 heterocycles. The van der Waals surface area contributed by atoms with Crippen LogP contribution in [0.5, 0.6) is 5.75 Å². The fourth-order valence-electron chi connectivity index (χ4n) is 5.44. The minimum atomic E-state index is -0.739. The highest BCUT2D eigenvalue weighted by molar-refractivity contribution is 8.00. The Hall–Kier alpha value is -5.19. The van der Waals surface area contributed by atoms with E-state index >= 15 is 0 Å². The number of amides is 1. The molecule has 6 aromatic rings. The van der Waals surface area contributed by atoms with Crippen molar-refractivity contribution in [3.05, 3.63) is 132 Å². The van der Waals surface area contributed by atoms with E-state index in [9.17, 15) is 9.59 Å². The number of esters is 1. The van der Waals surface area contributed by atoms with Crippen molar-refractivity contribution in [1.82, 2.24) is 14.8 Å². The molecule has 0 aliphatic rings. The Morgan fingerprint density at radius 2 is 1.53 bits per heavy atom. The van der Waals surface area contributed by atoms with Gasteiger partial charge < -0.3 is 14.8 Å². The largest absolute Gasteiger partial charge is 0.497 e. The second kappa shape index (κ2) is 15.4. The second-order valence-electron chi connectivity index (χ2n) is 11.4. The lowest BCUT2D eigenvalue weighted by molar-refractivity contribution is -0.115. The zero-order valence-electron chi connectivity index (χ0n) is 27.6. The summed E-state index contributed by atoms with van der Waals surface area (Å²) in [4.78, 5) is 28.3. The van der Waals surface area contributed by atoms with Crippen molar-refractivity contribution in [2.24, 2.45) is 0 Å². The summed E-state index contributed by atoms with van der Waals surface area (Å²) < 4.78 is 12.8. The molecule has 1 unspecified atom stereocenters. The van der Waals surface area contributed by atoms with Crippen molar-refractivity contribution in [2.45, 2.75) is 37.1 Å². The number of aromatic nitrogens is 3. The van der Waals surface area contributed by atoms with Crippen LogP contribution >= 0.6 is 23.1 Å². The molecule has 0 spiro atoms. The van der Waals surface area contributed by atoms with Gasteiger partial charge in [-0.15, -0.1) is 21.5 Å². The summed E-state index contributed by atoms with van der Waals surface area (Å²) in [5, 5.41) is 12.7. The number of hydrogen-bond acceptors (Lipinski definition) is 8. The van der Waals surface area contributed by atoms with Gasteiger partial charge in [0.05, 0.1) is 25.0 Å². The Labute approximate surface area is 294 Å². The maximum atomic E-state index is 14.4. The van der Waals surface area contributed by atoms with Crippen LogP contribution < -0.4 is 10.1 Å². The predicted molar refractivity (Wildman–Crippen MR) is 197 cm³/mol. The summed E-state index contributed by atoms with van der Waals surface area (Å²) in [6, 6.07) is 36.9. The summed E-state index contributed by atoms with van der Waals surface area (Å²) in [6.07, 6.45) is 0. The molecule has 0 bridgehead atoms. The first-order valence-corrected chi connectivity index (χ1v) is 17.7. The van der Waals surface area contributed by atoms with Crippen molar-refractivity contribution in [3.8, 4) is 33.3 Å². The molecule has 248 valence electrons. The molecule has 0 fully saturated rings. The van der Waals surface area contributed by atoms with E-state index in [1.54, 1.807) is 20.1 Å². The lowest BCUT2D eigenvalue weighted by Crippen LogP contribution is -2.20. The Bertz CT molecular complexity index is 2040. The first kappa shape index (κ1) is 33.7. The fraction of sp³-hybridized carbons (Fsp3) is 0.179. The van der Waals surface area contributed by atoms with Crippen LogP contribution in [0.15, 0.2) is 120 Å². The lowest BCUT2D eigenvalue weighted by atomic mass is 10.0. The number of thiophene rings is 1. The third kappa shape index (κ3) is 7.45. The van der Waals surface area contributed by atoms with Gasteiger partial charge in [0, 0.05) is 10.4 Å². The number of nitrogens with zero attached hydrogens (tertiary/aromatic N) is 3. The SMILES string of the molecule is CCOC(=O)c1cc(-c2ccccc2)sc1NC(=O)C(Sc1nnc(-c2ccc(OC)cc2)n1-c1ccccc1C(C)C)c1ccccc1. The third-order valence-electron chi connectivity index (χ3n) is 7.87. The van der Waals surface area contributed by atoms with E-state index in [-0.39, 0.29) is 18.4 Å². The van der Waals surface area contributed by atoms with Gasteiger partial charge in [0.15, 0.2) is 11.0 Å². The molecule has 8 nitrogen and oxygen atoms in total. The van der Waals surface area contributed by atoms with Crippen LogP contribution in [0.1, 0.15) is 53.4 Å². The second-order valence-corrected chi connectivity index (χ2v) is 13.5. The number of carbonyl (C=O) groups is 2. The number of ether oxygens (including phenoxy) is 2. The smallest absolute Gasteiger partial charge is 0.341 e. The fourth-order valence-corrected chi connectivity index (χ4v) is 7.55. The lowest BCUT2D eigenvalue weighted by Gasteiger charge is -2.20. The average Bonchev–Trinajstić information content (AvgIpc) is 3.76. The van der Waals surface area contributed by atoms with Crippen LogP contribution in [0.25, 0.3) is 27.5 Å². The van der Waals surface area contributed by atoms with Gasteiger partial charge in [0.25, 0.3) is 0 Å². The van der Waals surface area contributed by atoms with Gasteiger partial charge in [-0.1, -0.05) is 104 Å². The summed E-state index contributed by atoms with van der Waals surface area (Å²) in [5.74, 6) is 0.794. The summed E-state index contributed by atoms with van der Waals surface area (Å²) in [6.45, 7) is 6.27. The number of benzene rings is 4. The molecular formula is C39H36N4O4S2. The number of methoxy groups -OCH3 is 1. The predicted octanol–water partition coefficient (Wildman–Crippen LogP) is 9.44. The Morgan fingerprint density at radius 1 is 0.857 bits per heavy atom. The van der Waals surface area contributed by atoms with Crippen molar-refractivity contribution < 1.29 is 19.1 Å². The maximum Gasteiger partial charge on any atom is 0.341 e. The number of nitrogens with one attached hydrogen (secondary N) is 1. The van der Waals surface area contributed by atoms with Gasteiger partial charge in [0.1, 0.15) is 16.0 Å². The summed E-state index contributed by atoms with van der Waals surface area (Å²) in [7, 11) is 1.63. The first-order chi connectivity index (χ1) is 23.9. The first-order valence-electron chi connectivity index (χ1n) is 16.0. The molecule has 0 aliphatic carbocycles. The monoisotopic (exact) mass is 688 g/mol. The molecule has 1 atom stereocenters. The standard InChI is InChI=1S/C39H36N4O4S2/c1-5-47-38(45)31-24-33(26-14-8-6-9-15-26)48-37(31)40-36(44)34(27-16-10-7-11-17-27)49-39-42-41-35(28-20-22-29(46-4)23-21-28)43(39)32-19-13-12-18-30(32)25(2)3/h6-25,34H,5H2,1-4H3,(H,40,44). The van der Waals surface area contributed by atoms with Gasteiger partial charge in [-0.25, -0.2) is 4.79 Å². The van der Waals surface area contributed by atoms with Crippen molar-refractivity contribution in [1.29, 1.82) is 0 Å². The van der Waals surface area contributed by atoms with E-state index in [0.717, 1.165) is 38.6 Å². The highest BCUT2D eigenvalue weighted by atomic mass is 32.2. The van der Waals surface area contributed by atoms with Crippen molar-refractivity contribution in [3.63, 3.8) is 0 Å². The molecule has 1 amide bonds. The Balaban J connectivity index is 1.43. The average molecular weight is 689 g/mol. The van der Waals surface area contributed by atoms with E-state index in [1.165, 1.54) is 23.1 Å². The summed E-state index contributed by atoms with van der Waals surface area (Å²) >= 11 is 2.64. The number of anilines is 1. The molecule has 0 aliphatic heterocycles. The number of hydrogen-bond donors (Lipinski definition) is 1. The molecule has 0 saturated carbocycles. The minimum absolute atomic E-state index is 0.215. The Kier molecular flexibility index (Phi) is 10.6. The molecule has 6 rings (SSSR count). The van der Waals surface area contributed by atoms with Crippen LogP contribution in [0.2, 0.25) is 0 Å². The number of thioether (sulfide) groups is 1. The molecule has 49 heavy (non-hydrogen) atoms. The number of para-hydroxylation sites is 1. The zero-order chi connectivity index (χ0) is 34.3. The molecule has 2 aromatic heterocycles. The number of carbonyl (C=O) groups excluding carboxylic acids is 2. The van der Waals surface area contributed by atoms with Crippen molar-refractivity contribution >= 4 is 40.0 Å².